The average molecular weight is 365 g/mol. The van der Waals surface area contributed by atoms with E-state index in [1.165, 1.54) is 0 Å². The first kappa shape index (κ1) is 16.2. The van der Waals surface area contributed by atoms with Crippen LogP contribution in [-0.2, 0) is 6.54 Å². The summed E-state index contributed by atoms with van der Waals surface area (Å²) in [5.41, 5.74) is 1.58. The molecule has 4 rings (SSSR count). The average Bonchev–Trinajstić information content (AvgIpc) is 3.33. The molecule has 130 valence electrons. The zero-order valence-corrected chi connectivity index (χ0v) is 14.7. The van der Waals surface area contributed by atoms with Gasteiger partial charge in [0.25, 0.3) is 11.5 Å². The van der Waals surface area contributed by atoms with E-state index in [1.807, 2.05) is 23.6 Å². The molecule has 0 fully saturated rings. The summed E-state index contributed by atoms with van der Waals surface area (Å²) in [5.74, 6) is -0.273. The summed E-state index contributed by atoms with van der Waals surface area (Å²) < 4.78 is 0. The van der Waals surface area contributed by atoms with Crippen LogP contribution in [0.2, 0.25) is 0 Å². The van der Waals surface area contributed by atoms with Crippen LogP contribution in [0.1, 0.15) is 16.2 Å². The maximum absolute atomic E-state index is 12.8. The summed E-state index contributed by atoms with van der Waals surface area (Å²) in [4.78, 5) is 27.3. The fraction of sp³-hybridized carbons (Fsp3) is 0.111. The SMILES string of the molecule is CN(Cc1cc(-c2cccs2)n[nH]1)C(=O)c1n[nH]c(=O)c2ccccc12. The molecule has 1 amide bonds. The van der Waals surface area contributed by atoms with E-state index in [2.05, 4.69) is 20.4 Å². The van der Waals surface area contributed by atoms with Crippen LogP contribution < -0.4 is 5.56 Å². The van der Waals surface area contributed by atoms with Gasteiger partial charge in [-0.05, 0) is 23.6 Å². The van der Waals surface area contributed by atoms with Crippen LogP contribution in [0.3, 0.4) is 0 Å². The molecule has 0 aliphatic carbocycles. The van der Waals surface area contributed by atoms with Crippen LogP contribution in [0.15, 0.2) is 52.6 Å². The minimum absolute atomic E-state index is 0.223. The molecule has 0 unspecified atom stereocenters. The molecule has 8 heteroatoms. The number of fused-ring (bicyclic) bond motifs is 1. The maximum Gasteiger partial charge on any atom is 0.275 e. The third-order valence-corrected chi connectivity index (χ3v) is 4.95. The van der Waals surface area contributed by atoms with Crippen molar-refractivity contribution in [2.75, 3.05) is 7.05 Å². The smallest absolute Gasteiger partial charge is 0.275 e. The van der Waals surface area contributed by atoms with Crippen molar-refractivity contribution in [2.45, 2.75) is 6.54 Å². The zero-order valence-electron chi connectivity index (χ0n) is 13.9. The molecule has 0 saturated carbocycles. The molecule has 26 heavy (non-hydrogen) atoms. The number of carbonyl (C=O) groups is 1. The highest BCUT2D eigenvalue weighted by molar-refractivity contribution is 7.13. The van der Waals surface area contributed by atoms with Crippen LogP contribution in [0.4, 0.5) is 0 Å². The number of amides is 1. The third kappa shape index (κ3) is 2.91. The Bertz CT molecular complexity index is 1130. The molecule has 0 bridgehead atoms. The van der Waals surface area contributed by atoms with Crippen molar-refractivity contribution >= 4 is 28.0 Å². The Labute approximate surface area is 152 Å². The quantitative estimate of drug-likeness (QED) is 0.581. The molecular weight excluding hydrogens is 350 g/mol. The number of benzene rings is 1. The zero-order chi connectivity index (χ0) is 18.1. The van der Waals surface area contributed by atoms with Gasteiger partial charge in [-0.2, -0.15) is 10.2 Å². The standard InChI is InChI=1S/C18H15N5O2S/c1-23(10-11-9-14(20-19-11)15-7-4-8-26-15)18(25)16-12-5-2-3-6-13(12)17(24)22-21-16/h2-9H,10H2,1H3,(H,19,20)(H,22,24). The van der Waals surface area contributed by atoms with Gasteiger partial charge < -0.3 is 4.90 Å². The van der Waals surface area contributed by atoms with Crippen LogP contribution in [0, 0.1) is 0 Å². The summed E-state index contributed by atoms with van der Waals surface area (Å²) >= 11 is 1.61. The summed E-state index contributed by atoms with van der Waals surface area (Å²) in [5, 5.41) is 16.6. The van der Waals surface area contributed by atoms with Gasteiger partial charge >= 0.3 is 0 Å². The van der Waals surface area contributed by atoms with Crippen molar-refractivity contribution in [3.05, 3.63) is 69.6 Å². The lowest BCUT2D eigenvalue weighted by atomic mass is 10.1. The summed E-state index contributed by atoms with van der Waals surface area (Å²) in [7, 11) is 1.69. The van der Waals surface area contributed by atoms with Crippen molar-refractivity contribution in [1.82, 2.24) is 25.3 Å². The number of thiophene rings is 1. The third-order valence-electron chi connectivity index (χ3n) is 4.06. The first-order chi connectivity index (χ1) is 12.6. The monoisotopic (exact) mass is 365 g/mol. The van der Waals surface area contributed by atoms with Crippen LogP contribution >= 0.6 is 11.3 Å². The lowest BCUT2D eigenvalue weighted by Gasteiger charge is -2.16. The Morgan fingerprint density at radius 1 is 1.12 bits per heavy atom. The molecule has 0 spiro atoms. The van der Waals surface area contributed by atoms with Gasteiger partial charge in [0.1, 0.15) is 5.69 Å². The highest BCUT2D eigenvalue weighted by atomic mass is 32.1. The van der Waals surface area contributed by atoms with Crippen molar-refractivity contribution < 1.29 is 4.79 Å². The highest BCUT2D eigenvalue weighted by Gasteiger charge is 2.19. The minimum atomic E-state index is -0.311. The number of carbonyl (C=O) groups excluding carboxylic acids is 1. The molecule has 3 heterocycles. The Hall–Kier alpha value is -3.26. The van der Waals surface area contributed by atoms with Crippen molar-refractivity contribution in [2.24, 2.45) is 0 Å². The Kier molecular flexibility index (Phi) is 4.10. The first-order valence-electron chi connectivity index (χ1n) is 7.94. The van der Waals surface area contributed by atoms with E-state index < -0.39 is 0 Å². The number of rotatable bonds is 4. The topological polar surface area (TPSA) is 94.7 Å². The Morgan fingerprint density at radius 2 is 1.92 bits per heavy atom. The molecule has 0 saturated heterocycles. The molecule has 7 nitrogen and oxygen atoms in total. The second kappa shape index (κ2) is 6.57. The van der Waals surface area contributed by atoms with Crippen LogP contribution in [-0.4, -0.2) is 38.2 Å². The first-order valence-corrected chi connectivity index (χ1v) is 8.82. The van der Waals surface area contributed by atoms with Gasteiger partial charge in [-0.15, -0.1) is 11.3 Å². The van der Waals surface area contributed by atoms with Crippen LogP contribution in [0.5, 0.6) is 0 Å². The Balaban J connectivity index is 1.59. The van der Waals surface area contributed by atoms with Crippen molar-refractivity contribution in [3.63, 3.8) is 0 Å². The molecule has 4 aromatic rings. The number of nitrogens with zero attached hydrogens (tertiary/aromatic N) is 3. The highest BCUT2D eigenvalue weighted by Crippen LogP contribution is 2.23. The van der Waals surface area contributed by atoms with Gasteiger partial charge in [0, 0.05) is 12.4 Å². The van der Waals surface area contributed by atoms with Crippen molar-refractivity contribution in [3.8, 4) is 10.6 Å². The van der Waals surface area contributed by atoms with E-state index in [1.54, 1.807) is 47.5 Å². The van der Waals surface area contributed by atoms with E-state index in [9.17, 15) is 9.59 Å². The number of hydrogen-bond acceptors (Lipinski definition) is 5. The molecule has 2 N–H and O–H groups in total. The number of nitrogens with one attached hydrogen (secondary N) is 2. The summed E-state index contributed by atoms with van der Waals surface area (Å²) in [6.07, 6.45) is 0. The van der Waals surface area contributed by atoms with E-state index in [0.717, 1.165) is 16.3 Å². The van der Waals surface area contributed by atoms with Crippen molar-refractivity contribution in [1.29, 1.82) is 0 Å². The van der Waals surface area contributed by atoms with Gasteiger partial charge in [0.15, 0.2) is 5.69 Å². The lowest BCUT2D eigenvalue weighted by molar-refractivity contribution is 0.0778. The molecule has 0 aliphatic rings. The van der Waals surface area contributed by atoms with E-state index >= 15 is 0 Å². The lowest BCUT2D eigenvalue weighted by Crippen LogP contribution is -2.28. The second-order valence-electron chi connectivity index (χ2n) is 5.86. The predicted molar refractivity (Wildman–Crippen MR) is 100 cm³/mol. The second-order valence-corrected chi connectivity index (χ2v) is 6.81. The van der Waals surface area contributed by atoms with Gasteiger partial charge in [-0.25, -0.2) is 5.10 Å². The number of H-pyrrole nitrogens is 2. The molecule has 0 radical (unpaired) electrons. The minimum Gasteiger partial charge on any atom is -0.334 e. The largest absolute Gasteiger partial charge is 0.334 e. The maximum atomic E-state index is 12.8. The van der Waals surface area contributed by atoms with E-state index in [-0.39, 0.29) is 17.2 Å². The fourth-order valence-electron chi connectivity index (χ4n) is 2.78. The molecule has 3 aromatic heterocycles. The van der Waals surface area contributed by atoms with E-state index in [4.69, 9.17) is 0 Å². The van der Waals surface area contributed by atoms with Gasteiger partial charge in [0.2, 0.25) is 0 Å². The molecule has 1 aromatic carbocycles. The fourth-order valence-corrected chi connectivity index (χ4v) is 3.47. The number of aromatic nitrogens is 4. The predicted octanol–water partition coefficient (Wildman–Crippen LogP) is 2.65. The van der Waals surface area contributed by atoms with Gasteiger partial charge in [0.05, 0.1) is 22.5 Å². The molecule has 0 atom stereocenters. The van der Waals surface area contributed by atoms with Gasteiger partial charge in [-0.3, -0.25) is 14.7 Å². The number of aromatic amines is 2. The van der Waals surface area contributed by atoms with E-state index in [0.29, 0.717) is 17.3 Å². The summed E-state index contributed by atoms with van der Waals surface area (Å²) in [6.45, 7) is 0.354. The molecular formula is C18H15N5O2S. The normalized spacial score (nSPS) is 11.0. The van der Waals surface area contributed by atoms with Gasteiger partial charge in [-0.1, -0.05) is 24.3 Å². The van der Waals surface area contributed by atoms with Crippen LogP contribution in [0.25, 0.3) is 21.3 Å². The summed E-state index contributed by atoms with van der Waals surface area (Å²) in [6, 6.07) is 12.8. The number of hydrogen-bond donors (Lipinski definition) is 2. The molecule has 0 aliphatic heterocycles. The Morgan fingerprint density at radius 3 is 2.69 bits per heavy atom.